The van der Waals surface area contributed by atoms with Gasteiger partial charge in [0.05, 0.1) is 15.3 Å². The fourth-order valence-electron chi connectivity index (χ4n) is 4.08. The van der Waals surface area contributed by atoms with Gasteiger partial charge in [0.2, 0.25) is 9.84 Å². The molecule has 0 unspecified atom stereocenters. The molecule has 1 aliphatic rings. The lowest BCUT2D eigenvalue weighted by molar-refractivity contribution is 0.0205. The van der Waals surface area contributed by atoms with Crippen LogP contribution in [0, 0.1) is 0 Å². The number of benzene rings is 2. The number of aromatic nitrogens is 1. The molecule has 3 aromatic rings. The van der Waals surface area contributed by atoms with Crippen LogP contribution in [0.15, 0.2) is 70.6 Å². The van der Waals surface area contributed by atoms with Gasteiger partial charge in [-0.1, -0.05) is 36.4 Å². The molecule has 32 heavy (non-hydrogen) atoms. The van der Waals surface area contributed by atoms with Gasteiger partial charge in [0.15, 0.2) is 0 Å². The van der Waals surface area contributed by atoms with Crippen LogP contribution >= 0.6 is 0 Å². The Hall–Kier alpha value is -2.93. The summed E-state index contributed by atoms with van der Waals surface area (Å²) >= 11 is 0. The van der Waals surface area contributed by atoms with Gasteiger partial charge in [-0.05, 0) is 63.3 Å². The van der Waals surface area contributed by atoms with Gasteiger partial charge < -0.3 is 9.64 Å². The molecule has 2 aromatic carbocycles. The van der Waals surface area contributed by atoms with Crippen molar-refractivity contribution >= 4 is 26.8 Å². The largest absolute Gasteiger partial charge is 0.444 e. The molecule has 2 heterocycles. The maximum absolute atomic E-state index is 13.0. The summed E-state index contributed by atoms with van der Waals surface area (Å²) in [4.78, 5) is 19.1. The molecule has 1 fully saturated rings. The molecule has 1 aromatic heterocycles. The van der Waals surface area contributed by atoms with Gasteiger partial charge >= 0.3 is 6.09 Å². The first-order valence-electron chi connectivity index (χ1n) is 10.8. The second kappa shape index (κ2) is 8.54. The monoisotopic (exact) mass is 452 g/mol. The van der Waals surface area contributed by atoms with E-state index in [9.17, 15) is 13.2 Å². The van der Waals surface area contributed by atoms with Crippen LogP contribution in [-0.2, 0) is 14.6 Å². The number of para-hydroxylation sites is 1. The second-order valence-electron chi connectivity index (χ2n) is 9.15. The van der Waals surface area contributed by atoms with Crippen LogP contribution in [0.2, 0.25) is 0 Å². The molecule has 0 aliphatic carbocycles. The maximum atomic E-state index is 13.0. The Kier molecular flexibility index (Phi) is 5.95. The quantitative estimate of drug-likeness (QED) is 0.547. The van der Waals surface area contributed by atoms with Crippen molar-refractivity contribution in [2.24, 2.45) is 0 Å². The number of carbonyl (C=O) groups is 1. The van der Waals surface area contributed by atoms with E-state index in [0.29, 0.717) is 13.1 Å². The number of hydrogen-bond donors (Lipinski definition) is 0. The second-order valence-corrected chi connectivity index (χ2v) is 11.1. The van der Waals surface area contributed by atoms with E-state index in [-0.39, 0.29) is 21.8 Å². The van der Waals surface area contributed by atoms with Gasteiger partial charge in [0, 0.05) is 24.7 Å². The summed E-state index contributed by atoms with van der Waals surface area (Å²) in [7, 11) is -3.62. The average molecular weight is 453 g/mol. The highest BCUT2D eigenvalue weighted by Crippen LogP contribution is 2.34. The van der Waals surface area contributed by atoms with Gasteiger partial charge in [0.25, 0.3) is 0 Å². The molecule has 168 valence electrons. The number of ether oxygens (including phenoxy) is 1. The van der Waals surface area contributed by atoms with Gasteiger partial charge in [0.1, 0.15) is 5.60 Å². The average Bonchev–Trinajstić information content (AvgIpc) is 2.78. The lowest BCUT2D eigenvalue weighted by Gasteiger charge is -2.33. The Balaban J connectivity index is 1.56. The first-order chi connectivity index (χ1) is 15.1. The van der Waals surface area contributed by atoms with E-state index < -0.39 is 15.4 Å². The molecular formula is C25H28N2O4S. The van der Waals surface area contributed by atoms with E-state index >= 15 is 0 Å². The zero-order valence-electron chi connectivity index (χ0n) is 18.6. The van der Waals surface area contributed by atoms with Crippen LogP contribution in [0.25, 0.3) is 10.9 Å². The molecule has 4 rings (SSSR count). The molecule has 0 radical (unpaired) electrons. The predicted octanol–water partition coefficient (Wildman–Crippen LogP) is 5.18. The fourth-order valence-corrected chi connectivity index (χ4v) is 5.34. The fraction of sp³-hybridized carbons (Fsp3) is 0.360. The van der Waals surface area contributed by atoms with Crippen molar-refractivity contribution in [2.75, 3.05) is 13.1 Å². The zero-order chi connectivity index (χ0) is 22.9. The van der Waals surface area contributed by atoms with Crippen molar-refractivity contribution in [3.8, 4) is 0 Å². The number of amides is 1. The standard InChI is InChI=1S/C25H28N2O4S/c1-25(2,3)31-24(28)27-14-12-18(13-15-27)22-11-7-8-19-16-21(17-26-23(19)22)32(29,30)20-9-5-4-6-10-20/h4-11,16-18H,12-15H2,1-3H3. The van der Waals surface area contributed by atoms with Crippen LogP contribution in [0.1, 0.15) is 45.1 Å². The molecule has 0 N–H and O–H groups in total. The highest BCUT2D eigenvalue weighted by atomic mass is 32.2. The third-order valence-electron chi connectivity index (χ3n) is 5.67. The van der Waals surface area contributed by atoms with Crippen molar-refractivity contribution in [2.45, 2.75) is 54.9 Å². The number of hydrogen-bond acceptors (Lipinski definition) is 5. The normalized spacial score (nSPS) is 15.7. The van der Waals surface area contributed by atoms with Crippen molar-refractivity contribution in [3.05, 3.63) is 66.4 Å². The highest BCUT2D eigenvalue weighted by molar-refractivity contribution is 7.91. The Morgan fingerprint density at radius 1 is 1.00 bits per heavy atom. The molecule has 7 heteroatoms. The number of likely N-dealkylation sites (tertiary alicyclic amines) is 1. The van der Waals surface area contributed by atoms with E-state index in [1.54, 1.807) is 41.3 Å². The number of pyridine rings is 1. The first kappa shape index (κ1) is 22.3. The van der Waals surface area contributed by atoms with Gasteiger partial charge in [-0.15, -0.1) is 0 Å². The number of rotatable bonds is 3. The Bertz CT molecular complexity index is 1230. The first-order valence-corrected chi connectivity index (χ1v) is 12.3. The Labute approximate surface area is 189 Å². The highest BCUT2D eigenvalue weighted by Gasteiger charge is 2.28. The third kappa shape index (κ3) is 4.63. The number of sulfone groups is 1. The molecule has 0 spiro atoms. The summed E-state index contributed by atoms with van der Waals surface area (Å²) in [5.41, 5.74) is 1.40. The molecule has 0 atom stereocenters. The van der Waals surface area contributed by atoms with E-state index in [1.807, 2.05) is 32.9 Å². The summed E-state index contributed by atoms with van der Waals surface area (Å²) in [5.74, 6) is 0.251. The lowest BCUT2D eigenvalue weighted by Crippen LogP contribution is -2.41. The van der Waals surface area contributed by atoms with Crippen LogP contribution in [0.5, 0.6) is 0 Å². The summed E-state index contributed by atoms with van der Waals surface area (Å²) in [6.07, 6.45) is 2.79. The minimum absolute atomic E-state index is 0.188. The molecule has 1 saturated heterocycles. The number of fused-ring (bicyclic) bond motifs is 1. The molecule has 0 bridgehead atoms. The molecule has 1 aliphatic heterocycles. The van der Waals surface area contributed by atoms with Gasteiger partial charge in [-0.2, -0.15) is 0 Å². The van der Waals surface area contributed by atoms with Crippen LogP contribution in [0.3, 0.4) is 0 Å². The van der Waals surface area contributed by atoms with Crippen molar-refractivity contribution in [1.29, 1.82) is 0 Å². The zero-order valence-corrected chi connectivity index (χ0v) is 19.4. The smallest absolute Gasteiger partial charge is 0.410 e. The van der Waals surface area contributed by atoms with Gasteiger partial charge in [-0.3, -0.25) is 4.98 Å². The summed E-state index contributed by atoms with van der Waals surface area (Å²) in [6.45, 7) is 6.84. The maximum Gasteiger partial charge on any atom is 0.410 e. The topological polar surface area (TPSA) is 76.6 Å². The minimum atomic E-state index is -3.62. The van der Waals surface area contributed by atoms with E-state index in [1.165, 1.54) is 6.20 Å². The van der Waals surface area contributed by atoms with Crippen molar-refractivity contribution < 1.29 is 17.9 Å². The molecular weight excluding hydrogens is 424 g/mol. The third-order valence-corrected chi connectivity index (χ3v) is 7.40. The van der Waals surface area contributed by atoms with E-state index in [2.05, 4.69) is 11.1 Å². The Morgan fingerprint density at radius 2 is 1.69 bits per heavy atom. The Morgan fingerprint density at radius 3 is 2.34 bits per heavy atom. The van der Waals surface area contributed by atoms with E-state index in [0.717, 1.165) is 29.3 Å². The summed E-state index contributed by atoms with van der Waals surface area (Å²) < 4.78 is 31.4. The van der Waals surface area contributed by atoms with Crippen LogP contribution in [-0.4, -0.2) is 43.1 Å². The van der Waals surface area contributed by atoms with Crippen molar-refractivity contribution in [1.82, 2.24) is 9.88 Å². The lowest BCUT2D eigenvalue weighted by atomic mass is 9.88. The number of piperidine rings is 1. The summed E-state index contributed by atoms with van der Waals surface area (Å²) in [6, 6.07) is 16.0. The minimum Gasteiger partial charge on any atom is -0.444 e. The molecule has 6 nitrogen and oxygen atoms in total. The number of nitrogens with zero attached hydrogens (tertiary/aromatic N) is 2. The van der Waals surface area contributed by atoms with Crippen LogP contribution in [0.4, 0.5) is 4.79 Å². The summed E-state index contributed by atoms with van der Waals surface area (Å²) in [5, 5.41) is 0.800. The molecule has 0 saturated carbocycles. The van der Waals surface area contributed by atoms with Crippen LogP contribution < -0.4 is 0 Å². The van der Waals surface area contributed by atoms with Crippen molar-refractivity contribution in [3.63, 3.8) is 0 Å². The predicted molar refractivity (Wildman–Crippen MR) is 123 cm³/mol. The number of carbonyl (C=O) groups excluding carboxylic acids is 1. The van der Waals surface area contributed by atoms with E-state index in [4.69, 9.17) is 4.74 Å². The van der Waals surface area contributed by atoms with Gasteiger partial charge in [-0.25, -0.2) is 13.2 Å². The SMILES string of the molecule is CC(C)(C)OC(=O)N1CCC(c2cccc3cc(S(=O)(=O)c4ccccc4)cnc23)CC1. The molecule has 1 amide bonds.